The molecule has 2 aromatic heterocycles. The Bertz CT molecular complexity index is 1690. The molecule has 2 saturated heterocycles. The maximum absolute atomic E-state index is 14.5. The van der Waals surface area contributed by atoms with E-state index in [1.807, 2.05) is 18.2 Å². The summed E-state index contributed by atoms with van der Waals surface area (Å²) in [6, 6.07) is 9.69. The molecule has 3 aromatic rings. The van der Waals surface area contributed by atoms with Gasteiger partial charge in [-0.1, -0.05) is 32.9 Å². The summed E-state index contributed by atoms with van der Waals surface area (Å²) >= 11 is 0. The topological polar surface area (TPSA) is 179 Å². The largest absolute Gasteiger partial charge is 0.462 e. The van der Waals surface area contributed by atoms with Crippen molar-refractivity contribution in [1.29, 1.82) is 0 Å². The first-order chi connectivity index (χ1) is 23.0. The van der Waals surface area contributed by atoms with Crippen molar-refractivity contribution in [3.05, 3.63) is 54.0 Å². The second-order valence-electron chi connectivity index (χ2n) is 13.8. The molecule has 2 unspecified atom stereocenters. The fourth-order valence-corrected chi connectivity index (χ4v) is 7.41. The SMILES string of the molecule is C=NC[C@@]1(c2ccc3c(N)ncnn23)O[C@H](COP(=O)(N[C@@H](C)C(=O)OCC(C)OC)Oc2ccc(C(C)(C)C)cc2)[C@H]2OC(C)(C)O[C@H]21. The number of hydrogen-bond acceptors (Lipinski definition) is 13. The highest BCUT2D eigenvalue weighted by Crippen LogP contribution is 2.52. The average molecular weight is 703 g/mol. The zero-order valence-electron chi connectivity index (χ0n) is 29.2. The summed E-state index contributed by atoms with van der Waals surface area (Å²) in [5.41, 5.74) is 6.98. The Hall–Kier alpha value is -3.43. The van der Waals surface area contributed by atoms with Crippen molar-refractivity contribution in [3.8, 4) is 5.75 Å². The van der Waals surface area contributed by atoms with Crippen LogP contribution in [0.25, 0.3) is 5.52 Å². The number of fused-ring (bicyclic) bond motifs is 2. The van der Waals surface area contributed by atoms with Crippen molar-refractivity contribution in [1.82, 2.24) is 19.7 Å². The van der Waals surface area contributed by atoms with E-state index in [9.17, 15) is 9.36 Å². The molecule has 0 amide bonds. The minimum absolute atomic E-state index is 0.0121. The van der Waals surface area contributed by atoms with Crippen molar-refractivity contribution >= 4 is 31.8 Å². The molecule has 7 atom stereocenters. The summed E-state index contributed by atoms with van der Waals surface area (Å²) < 4.78 is 58.2. The van der Waals surface area contributed by atoms with Crippen LogP contribution in [0.15, 0.2) is 47.7 Å². The molecule has 0 saturated carbocycles. The van der Waals surface area contributed by atoms with E-state index in [-0.39, 0.29) is 42.8 Å². The molecule has 2 aliphatic heterocycles. The second kappa shape index (κ2) is 14.1. The third-order valence-electron chi connectivity index (χ3n) is 8.50. The van der Waals surface area contributed by atoms with Gasteiger partial charge in [-0.15, -0.1) is 0 Å². The van der Waals surface area contributed by atoms with Crippen LogP contribution in [0, 0.1) is 0 Å². The normalized spacial score (nSPS) is 25.8. The molecule has 0 radical (unpaired) electrons. The Morgan fingerprint density at radius 2 is 1.88 bits per heavy atom. The minimum atomic E-state index is -4.28. The third-order valence-corrected chi connectivity index (χ3v) is 10.1. The number of benzene rings is 1. The molecule has 2 aliphatic rings. The number of nitrogens with two attached hydrogens (primary N) is 1. The maximum atomic E-state index is 14.5. The maximum Gasteiger partial charge on any atom is 0.459 e. The van der Waals surface area contributed by atoms with Gasteiger partial charge >= 0.3 is 13.7 Å². The van der Waals surface area contributed by atoms with E-state index in [0.717, 1.165) is 5.56 Å². The highest BCUT2D eigenvalue weighted by molar-refractivity contribution is 7.52. The summed E-state index contributed by atoms with van der Waals surface area (Å²) in [5.74, 6) is -1.12. The van der Waals surface area contributed by atoms with Crippen LogP contribution in [0.5, 0.6) is 5.75 Å². The van der Waals surface area contributed by atoms with E-state index < -0.39 is 49.5 Å². The predicted octanol–water partition coefficient (Wildman–Crippen LogP) is 4.18. The van der Waals surface area contributed by atoms with Crippen molar-refractivity contribution < 1.29 is 42.1 Å². The summed E-state index contributed by atoms with van der Waals surface area (Å²) in [5, 5.41) is 7.15. The van der Waals surface area contributed by atoms with Gasteiger partial charge in [-0.05, 0) is 69.7 Å². The Labute approximate surface area is 286 Å². The number of nitrogen functional groups attached to an aromatic ring is 1. The number of methoxy groups -OCH3 is 1. The van der Waals surface area contributed by atoms with E-state index in [1.54, 1.807) is 43.5 Å². The fraction of sp³-hybridized carbons (Fsp3) is 0.576. The molecule has 5 rings (SSSR count). The third kappa shape index (κ3) is 7.83. The summed E-state index contributed by atoms with van der Waals surface area (Å²) in [7, 11) is -2.77. The summed E-state index contributed by atoms with van der Waals surface area (Å²) in [6.07, 6.45) is -1.22. The molecule has 2 fully saturated rings. The van der Waals surface area contributed by atoms with Crippen LogP contribution in [-0.4, -0.2) is 90.4 Å². The average Bonchev–Trinajstić information content (AvgIpc) is 3.70. The molecule has 0 aliphatic carbocycles. The Morgan fingerprint density at radius 1 is 1.16 bits per heavy atom. The first-order valence-corrected chi connectivity index (χ1v) is 17.6. The van der Waals surface area contributed by atoms with Crippen molar-refractivity contribution in [2.45, 2.75) is 95.7 Å². The number of carbonyl (C=O) groups is 1. The van der Waals surface area contributed by atoms with Crippen LogP contribution in [0.3, 0.4) is 0 Å². The number of carbonyl (C=O) groups excluding carboxylic acids is 1. The molecule has 15 nitrogen and oxygen atoms in total. The predicted molar refractivity (Wildman–Crippen MR) is 182 cm³/mol. The first kappa shape index (κ1) is 36.8. The number of nitrogens with zero attached hydrogens (tertiary/aromatic N) is 4. The number of ether oxygens (including phenoxy) is 5. The van der Waals surface area contributed by atoms with Crippen LogP contribution >= 0.6 is 7.75 Å². The van der Waals surface area contributed by atoms with E-state index >= 15 is 0 Å². The number of esters is 1. The number of hydrogen-bond donors (Lipinski definition) is 2. The second-order valence-corrected chi connectivity index (χ2v) is 15.5. The molecule has 4 heterocycles. The van der Waals surface area contributed by atoms with Gasteiger partial charge in [0.05, 0.1) is 24.9 Å². The Kier molecular flexibility index (Phi) is 10.6. The van der Waals surface area contributed by atoms with Gasteiger partial charge in [0.15, 0.2) is 17.2 Å². The van der Waals surface area contributed by atoms with Gasteiger partial charge in [-0.25, -0.2) is 14.1 Å². The van der Waals surface area contributed by atoms with Gasteiger partial charge in [0.1, 0.15) is 48.6 Å². The lowest BCUT2D eigenvalue weighted by atomic mass is 9.87. The highest BCUT2D eigenvalue weighted by atomic mass is 31.2. The zero-order valence-corrected chi connectivity index (χ0v) is 30.1. The van der Waals surface area contributed by atoms with Gasteiger partial charge in [-0.3, -0.25) is 14.3 Å². The van der Waals surface area contributed by atoms with Gasteiger partial charge in [0.25, 0.3) is 0 Å². The monoisotopic (exact) mass is 702 g/mol. The zero-order chi connectivity index (χ0) is 35.8. The van der Waals surface area contributed by atoms with E-state index in [0.29, 0.717) is 11.2 Å². The lowest BCUT2D eigenvalue weighted by Crippen LogP contribution is -2.44. The summed E-state index contributed by atoms with van der Waals surface area (Å²) in [6.45, 7) is 16.6. The van der Waals surface area contributed by atoms with Crippen LogP contribution < -0.4 is 15.3 Å². The van der Waals surface area contributed by atoms with Gasteiger partial charge in [0, 0.05) is 7.11 Å². The van der Waals surface area contributed by atoms with Crippen molar-refractivity contribution in [3.63, 3.8) is 0 Å². The van der Waals surface area contributed by atoms with Crippen molar-refractivity contribution in [2.24, 2.45) is 4.99 Å². The lowest BCUT2D eigenvalue weighted by Gasteiger charge is -2.33. The molecule has 3 N–H and O–H groups in total. The highest BCUT2D eigenvalue weighted by Gasteiger charge is 2.64. The number of aromatic nitrogens is 3. The molecule has 1 aromatic carbocycles. The van der Waals surface area contributed by atoms with Gasteiger partial charge in [0.2, 0.25) is 0 Å². The van der Waals surface area contributed by atoms with Crippen molar-refractivity contribution in [2.75, 3.05) is 32.6 Å². The van der Waals surface area contributed by atoms with E-state index in [2.05, 4.69) is 47.7 Å². The molecule has 0 bridgehead atoms. The molecule has 49 heavy (non-hydrogen) atoms. The smallest absolute Gasteiger partial charge is 0.459 e. The number of nitrogens with one attached hydrogen (secondary N) is 1. The number of rotatable bonds is 14. The molecular formula is C33H47N6O9P. The minimum Gasteiger partial charge on any atom is -0.462 e. The molecule has 268 valence electrons. The summed E-state index contributed by atoms with van der Waals surface area (Å²) in [4.78, 5) is 21.2. The van der Waals surface area contributed by atoms with Gasteiger partial charge in [-0.2, -0.15) is 10.2 Å². The quantitative estimate of drug-likeness (QED) is 0.139. The van der Waals surface area contributed by atoms with Crippen LogP contribution in [0.1, 0.15) is 59.7 Å². The van der Waals surface area contributed by atoms with Crippen LogP contribution in [-0.2, 0) is 48.6 Å². The lowest BCUT2D eigenvalue weighted by molar-refractivity contribution is -0.213. The molecular weight excluding hydrogens is 655 g/mol. The van der Waals surface area contributed by atoms with Gasteiger partial charge < -0.3 is 33.9 Å². The fourth-order valence-electron chi connectivity index (χ4n) is 5.91. The first-order valence-electron chi connectivity index (χ1n) is 16.1. The Balaban J connectivity index is 1.44. The van der Waals surface area contributed by atoms with Crippen LogP contribution in [0.2, 0.25) is 0 Å². The number of aliphatic imine (C=N–C) groups is 1. The number of anilines is 1. The van der Waals surface area contributed by atoms with E-state index in [1.165, 1.54) is 20.4 Å². The molecule has 16 heteroatoms. The standard InChI is InChI=1S/C33H47N6O9P/c1-20(42-9)16-43-30(40)21(2)38-49(41,48-23-12-10-22(11-13-23)31(3,4)5)44-17-25-27-28(47-32(6,7)46-27)33(45-25,18-35-8)26-15-14-24-29(34)36-19-37-39(24)26/h10-15,19-21,25,27-28H,8,16-18H2,1-7,9H3,(H,38,41)(H2,34,36,37)/t20?,21-,25+,27+,28+,33-,49?/m0/s1. The van der Waals surface area contributed by atoms with E-state index in [4.69, 9.17) is 38.5 Å². The van der Waals surface area contributed by atoms with Crippen LogP contribution in [0.4, 0.5) is 5.82 Å². The Morgan fingerprint density at radius 3 is 2.53 bits per heavy atom. The molecule has 0 spiro atoms.